The van der Waals surface area contributed by atoms with E-state index in [-0.39, 0.29) is 6.61 Å². The van der Waals surface area contributed by atoms with E-state index in [1.807, 2.05) is 12.1 Å². The van der Waals surface area contributed by atoms with E-state index in [4.69, 9.17) is 10.8 Å². The minimum Gasteiger partial charge on any atom is -0.395 e. The largest absolute Gasteiger partial charge is 0.395 e. The molecule has 2 rings (SSSR count). The van der Waals surface area contributed by atoms with Crippen molar-refractivity contribution in [2.75, 3.05) is 18.9 Å². The van der Waals surface area contributed by atoms with Crippen LogP contribution in [0.3, 0.4) is 0 Å². The van der Waals surface area contributed by atoms with Gasteiger partial charge in [0.2, 0.25) is 0 Å². The molecule has 0 saturated heterocycles. The fourth-order valence-electron chi connectivity index (χ4n) is 1.79. The summed E-state index contributed by atoms with van der Waals surface area (Å²) >= 11 is 0. The topological polar surface area (TPSA) is 62.4 Å². The third kappa shape index (κ3) is 2.91. The summed E-state index contributed by atoms with van der Waals surface area (Å²) in [6, 6.07) is 4.53. The number of anilines is 1. The van der Waals surface area contributed by atoms with Gasteiger partial charge >= 0.3 is 0 Å². The minimum atomic E-state index is 0.219. The molecule has 0 spiro atoms. The van der Waals surface area contributed by atoms with E-state index < -0.39 is 0 Å². The number of aliphatic hydroxyl groups is 1. The van der Waals surface area contributed by atoms with Gasteiger partial charge < -0.3 is 10.8 Å². The Morgan fingerprint density at radius 1 is 1.53 bits per heavy atom. The van der Waals surface area contributed by atoms with E-state index >= 15 is 0 Å². The van der Waals surface area contributed by atoms with Gasteiger partial charge in [0.25, 0.3) is 0 Å². The maximum absolute atomic E-state index is 8.97. The molecular formula is C11H17N3O. The first-order valence-electron chi connectivity index (χ1n) is 5.35. The van der Waals surface area contributed by atoms with Crippen LogP contribution < -0.4 is 5.73 Å². The second-order valence-electron chi connectivity index (χ2n) is 4.01. The Morgan fingerprint density at radius 2 is 2.33 bits per heavy atom. The SMILES string of the molecule is Nc1cc(CN(CCO)C2CC2)ccn1. The van der Waals surface area contributed by atoms with Gasteiger partial charge in [0, 0.05) is 25.3 Å². The van der Waals surface area contributed by atoms with Crippen LogP contribution in [0.5, 0.6) is 0 Å². The van der Waals surface area contributed by atoms with Crippen LogP contribution in [-0.2, 0) is 6.54 Å². The second kappa shape index (κ2) is 4.59. The van der Waals surface area contributed by atoms with Gasteiger partial charge in [-0.25, -0.2) is 4.98 Å². The van der Waals surface area contributed by atoms with Crippen LogP contribution in [0.2, 0.25) is 0 Å². The molecule has 1 aliphatic rings. The number of nitrogens with zero attached hydrogens (tertiary/aromatic N) is 2. The summed E-state index contributed by atoms with van der Waals surface area (Å²) < 4.78 is 0. The van der Waals surface area contributed by atoms with Crippen molar-refractivity contribution in [1.82, 2.24) is 9.88 Å². The molecule has 0 bridgehead atoms. The zero-order valence-electron chi connectivity index (χ0n) is 8.76. The van der Waals surface area contributed by atoms with Crippen molar-refractivity contribution in [2.45, 2.75) is 25.4 Å². The van der Waals surface area contributed by atoms with E-state index in [0.717, 1.165) is 13.1 Å². The first-order valence-corrected chi connectivity index (χ1v) is 5.35. The molecule has 0 unspecified atom stereocenters. The van der Waals surface area contributed by atoms with Crippen LogP contribution in [0.25, 0.3) is 0 Å². The summed E-state index contributed by atoms with van der Waals surface area (Å²) in [5.41, 5.74) is 6.79. The molecule has 1 heterocycles. The van der Waals surface area contributed by atoms with Crippen LogP contribution in [0.1, 0.15) is 18.4 Å². The summed E-state index contributed by atoms with van der Waals surface area (Å²) in [5.74, 6) is 0.562. The molecule has 0 aliphatic heterocycles. The number of pyridine rings is 1. The first kappa shape index (κ1) is 10.4. The fraction of sp³-hybridized carbons (Fsp3) is 0.545. The molecule has 1 aromatic heterocycles. The van der Waals surface area contributed by atoms with Crippen LogP contribution in [-0.4, -0.2) is 34.2 Å². The molecular weight excluding hydrogens is 190 g/mol. The Hall–Kier alpha value is -1.13. The lowest BCUT2D eigenvalue weighted by atomic mass is 10.2. The highest BCUT2D eigenvalue weighted by molar-refractivity contribution is 5.31. The smallest absolute Gasteiger partial charge is 0.123 e. The summed E-state index contributed by atoms with van der Waals surface area (Å²) in [7, 11) is 0. The standard InChI is InChI=1S/C11H17N3O/c12-11-7-9(3-4-13-11)8-14(5-6-15)10-1-2-10/h3-4,7,10,15H,1-2,5-6,8H2,(H2,12,13). The van der Waals surface area contributed by atoms with Crippen molar-refractivity contribution >= 4 is 5.82 Å². The average molecular weight is 207 g/mol. The van der Waals surface area contributed by atoms with Crippen LogP contribution in [0, 0.1) is 0 Å². The minimum absolute atomic E-state index is 0.219. The van der Waals surface area contributed by atoms with Crippen molar-refractivity contribution in [3.63, 3.8) is 0 Å². The Labute approximate surface area is 89.7 Å². The van der Waals surface area contributed by atoms with Gasteiger partial charge in [-0.2, -0.15) is 0 Å². The lowest BCUT2D eigenvalue weighted by molar-refractivity contribution is 0.183. The maximum atomic E-state index is 8.97. The van der Waals surface area contributed by atoms with Crippen LogP contribution in [0.15, 0.2) is 18.3 Å². The monoisotopic (exact) mass is 207 g/mol. The highest BCUT2D eigenvalue weighted by atomic mass is 16.3. The Balaban J connectivity index is 1.98. The van der Waals surface area contributed by atoms with Crippen molar-refractivity contribution < 1.29 is 5.11 Å². The molecule has 15 heavy (non-hydrogen) atoms. The van der Waals surface area contributed by atoms with E-state index in [0.29, 0.717) is 11.9 Å². The highest BCUT2D eigenvalue weighted by Crippen LogP contribution is 2.27. The number of aromatic nitrogens is 1. The quantitative estimate of drug-likeness (QED) is 0.743. The van der Waals surface area contributed by atoms with Gasteiger partial charge in [0.1, 0.15) is 5.82 Å². The first-order chi connectivity index (χ1) is 7.29. The molecule has 1 fully saturated rings. The predicted molar refractivity (Wildman–Crippen MR) is 59.2 cm³/mol. The predicted octanol–water partition coefficient (Wildman–Crippen LogP) is 0.621. The summed E-state index contributed by atoms with van der Waals surface area (Å²) in [4.78, 5) is 6.26. The second-order valence-corrected chi connectivity index (χ2v) is 4.01. The number of nitrogens with two attached hydrogens (primary N) is 1. The molecule has 1 aliphatic carbocycles. The van der Waals surface area contributed by atoms with E-state index in [9.17, 15) is 0 Å². The van der Waals surface area contributed by atoms with Gasteiger partial charge in [-0.15, -0.1) is 0 Å². The van der Waals surface area contributed by atoms with Crippen LogP contribution in [0.4, 0.5) is 5.82 Å². The summed E-state index contributed by atoms with van der Waals surface area (Å²) in [5, 5.41) is 8.97. The molecule has 82 valence electrons. The van der Waals surface area contributed by atoms with Gasteiger partial charge in [0.15, 0.2) is 0 Å². The third-order valence-electron chi connectivity index (χ3n) is 2.68. The lowest BCUT2D eigenvalue weighted by Gasteiger charge is -2.20. The number of hydrogen-bond donors (Lipinski definition) is 2. The molecule has 0 radical (unpaired) electrons. The molecule has 1 aromatic rings. The van der Waals surface area contributed by atoms with E-state index in [1.54, 1.807) is 6.20 Å². The van der Waals surface area contributed by atoms with Crippen molar-refractivity contribution in [1.29, 1.82) is 0 Å². The molecule has 3 N–H and O–H groups in total. The van der Waals surface area contributed by atoms with Crippen molar-refractivity contribution in [2.24, 2.45) is 0 Å². The fourth-order valence-corrected chi connectivity index (χ4v) is 1.79. The lowest BCUT2D eigenvalue weighted by Crippen LogP contribution is -2.28. The summed E-state index contributed by atoms with van der Waals surface area (Å²) in [6.07, 6.45) is 4.23. The van der Waals surface area contributed by atoms with Crippen molar-refractivity contribution in [3.05, 3.63) is 23.9 Å². The Bertz CT molecular complexity index is 325. The molecule has 1 saturated carbocycles. The maximum Gasteiger partial charge on any atom is 0.123 e. The number of hydrogen-bond acceptors (Lipinski definition) is 4. The molecule has 0 aromatic carbocycles. The number of aliphatic hydroxyl groups excluding tert-OH is 1. The average Bonchev–Trinajstić information content (AvgIpc) is 3.00. The van der Waals surface area contributed by atoms with Crippen molar-refractivity contribution in [3.8, 4) is 0 Å². The Kier molecular flexibility index (Phi) is 3.18. The molecule has 4 heteroatoms. The van der Waals surface area contributed by atoms with E-state index in [2.05, 4.69) is 9.88 Å². The Morgan fingerprint density at radius 3 is 2.93 bits per heavy atom. The number of rotatable bonds is 5. The van der Waals surface area contributed by atoms with Crippen LogP contribution >= 0.6 is 0 Å². The van der Waals surface area contributed by atoms with E-state index in [1.165, 1.54) is 18.4 Å². The van der Waals surface area contributed by atoms with Gasteiger partial charge in [-0.1, -0.05) is 0 Å². The zero-order valence-corrected chi connectivity index (χ0v) is 8.76. The highest BCUT2D eigenvalue weighted by Gasteiger charge is 2.28. The zero-order chi connectivity index (χ0) is 10.7. The molecule has 4 nitrogen and oxygen atoms in total. The van der Waals surface area contributed by atoms with Gasteiger partial charge in [-0.05, 0) is 30.5 Å². The molecule has 0 atom stereocenters. The normalized spacial score (nSPS) is 15.9. The summed E-state index contributed by atoms with van der Waals surface area (Å²) in [6.45, 7) is 1.82. The van der Waals surface area contributed by atoms with Gasteiger partial charge in [0.05, 0.1) is 6.61 Å². The third-order valence-corrected chi connectivity index (χ3v) is 2.68. The van der Waals surface area contributed by atoms with Gasteiger partial charge in [-0.3, -0.25) is 4.90 Å². The number of nitrogen functional groups attached to an aromatic ring is 1. The molecule has 0 amide bonds.